The maximum Gasteiger partial charge on any atom is 0.153 e. The first-order chi connectivity index (χ1) is 7.33. The lowest BCUT2D eigenvalue weighted by molar-refractivity contribution is 0.316. The third-order valence-corrected chi connectivity index (χ3v) is 2.45. The summed E-state index contributed by atoms with van der Waals surface area (Å²) in [6, 6.07) is 6.91. The van der Waals surface area contributed by atoms with Crippen LogP contribution in [0.15, 0.2) is 50.8 Å². The molecule has 0 aromatic carbocycles. The van der Waals surface area contributed by atoms with Crippen LogP contribution in [-0.4, -0.2) is 10.9 Å². The summed E-state index contributed by atoms with van der Waals surface area (Å²) in [4.78, 5) is 0. The molecule has 0 aliphatic carbocycles. The lowest BCUT2D eigenvalue weighted by Gasteiger charge is -2.06. The third-order valence-electron chi connectivity index (χ3n) is 1.95. The minimum Gasteiger partial charge on any atom is -0.468 e. The van der Waals surface area contributed by atoms with Gasteiger partial charge in [0.1, 0.15) is 16.7 Å². The van der Waals surface area contributed by atoms with E-state index >= 15 is 0 Å². The Morgan fingerprint density at radius 1 is 1.27 bits per heavy atom. The lowest BCUT2D eigenvalue weighted by Crippen LogP contribution is -2.07. The van der Waals surface area contributed by atoms with Crippen molar-refractivity contribution in [3.05, 3.63) is 48.3 Å². The van der Waals surface area contributed by atoms with Crippen LogP contribution in [0, 0.1) is 0 Å². The second-order valence-corrected chi connectivity index (χ2v) is 3.40. The molecular formula is C10H9NO3S. The normalized spacial score (nSPS) is 14.1. The summed E-state index contributed by atoms with van der Waals surface area (Å²) in [7, 11) is 0. The molecule has 2 rings (SSSR count). The van der Waals surface area contributed by atoms with E-state index in [1.165, 1.54) is 12.5 Å². The predicted molar refractivity (Wildman–Crippen MR) is 57.5 cm³/mol. The van der Waals surface area contributed by atoms with Crippen molar-refractivity contribution >= 4 is 18.3 Å². The van der Waals surface area contributed by atoms with Crippen LogP contribution in [0.25, 0.3) is 0 Å². The van der Waals surface area contributed by atoms with Crippen LogP contribution in [0.2, 0.25) is 0 Å². The fraction of sp³-hybridized carbons (Fsp3) is 0.100. The minimum absolute atomic E-state index is 0.318. The van der Waals surface area contributed by atoms with Gasteiger partial charge in [0.2, 0.25) is 0 Å². The van der Waals surface area contributed by atoms with Crippen molar-refractivity contribution in [2.75, 3.05) is 0 Å². The molecule has 2 aromatic heterocycles. The van der Waals surface area contributed by atoms with Crippen molar-refractivity contribution in [3.63, 3.8) is 0 Å². The second-order valence-electron chi connectivity index (χ2n) is 2.88. The van der Waals surface area contributed by atoms with Crippen LogP contribution < -0.4 is 0 Å². The van der Waals surface area contributed by atoms with Gasteiger partial charge >= 0.3 is 0 Å². The molecule has 2 aromatic rings. The number of hydrogen-bond donors (Lipinski definition) is 2. The van der Waals surface area contributed by atoms with Gasteiger partial charge in [-0.2, -0.15) is 12.6 Å². The van der Waals surface area contributed by atoms with E-state index in [4.69, 9.17) is 14.0 Å². The summed E-state index contributed by atoms with van der Waals surface area (Å²) in [6.07, 6.45) is 3.04. The first-order valence-electron chi connectivity index (χ1n) is 4.30. The van der Waals surface area contributed by atoms with Crippen molar-refractivity contribution in [1.29, 1.82) is 0 Å². The zero-order valence-corrected chi connectivity index (χ0v) is 8.59. The van der Waals surface area contributed by atoms with Gasteiger partial charge in [-0.05, 0) is 24.3 Å². The van der Waals surface area contributed by atoms with Gasteiger partial charge in [-0.25, -0.2) is 0 Å². The van der Waals surface area contributed by atoms with Crippen LogP contribution in [0.3, 0.4) is 0 Å². The average Bonchev–Trinajstić information content (AvgIpc) is 2.91. The zero-order chi connectivity index (χ0) is 10.7. The fourth-order valence-electron chi connectivity index (χ4n) is 1.24. The van der Waals surface area contributed by atoms with Crippen LogP contribution in [-0.2, 0) is 0 Å². The van der Waals surface area contributed by atoms with E-state index in [2.05, 4.69) is 17.8 Å². The molecule has 2 heterocycles. The van der Waals surface area contributed by atoms with Crippen molar-refractivity contribution in [2.45, 2.75) is 5.25 Å². The number of rotatable bonds is 3. The van der Waals surface area contributed by atoms with Crippen LogP contribution in [0.5, 0.6) is 0 Å². The molecule has 0 bridgehead atoms. The number of hydrogen-bond acceptors (Lipinski definition) is 5. The number of furan rings is 2. The van der Waals surface area contributed by atoms with Crippen LogP contribution in [0.1, 0.15) is 16.8 Å². The Bertz CT molecular complexity index is 433. The van der Waals surface area contributed by atoms with E-state index in [1.54, 1.807) is 24.3 Å². The van der Waals surface area contributed by atoms with E-state index in [0.29, 0.717) is 17.2 Å². The molecule has 0 saturated heterocycles. The molecular weight excluding hydrogens is 214 g/mol. The van der Waals surface area contributed by atoms with E-state index in [9.17, 15) is 0 Å². The number of oxime groups is 1. The first kappa shape index (κ1) is 9.92. The van der Waals surface area contributed by atoms with Crippen LogP contribution in [0.4, 0.5) is 0 Å². The van der Waals surface area contributed by atoms with Crippen molar-refractivity contribution in [1.82, 2.24) is 0 Å². The summed E-state index contributed by atoms with van der Waals surface area (Å²) in [6.45, 7) is 0. The Balaban J connectivity index is 2.30. The summed E-state index contributed by atoms with van der Waals surface area (Å²) < 4.78 is 10.3. The highest BCUT2D eigenvalue weighted by atomic mass is 32.1. The lowest BCUT2D eigenvalue weighted by atomic mass is 10.2. The second kappa shape index (κ2) is 4.27. The monoisotopic (exact) mass is 223 g/mol. The molecule has 0 aliphatic rings. The summed E-state index contributed by atoms with van der Waals surface area (Å²) in [5.74, 6) is 1.07. The van der Waals surface area contributed by atoms with Gasteiger partial charge in [0.05, 0.1) is 12.5 Å². The fourth-order valence-corrected chi connectivity index (χ4v) is 1.57. The van der Waals surface area contributed by atoms with Gasteiger partial charge < -0.3 is 14.0 Å². The molecule has 5 heteroatoms. The highest BCUT2D eigenvalue weighted by Gasteiger charge is 2.21. The first-order valence-corrected chi connectivity index (χ1v) is 4.82. The Hall–Kier alpha value is -1.62. The number of nitrogens with zero attached hydrogens (tertiary/aromatic N) is 1. The van der Waals surface area contributed by atoms with Crippen molar-refractivity contribution < 1.29 is 14.0 Å². The van der Waals surface area contributed by atoms with E-state index in [-0.39, 0.29) is 0 Å². The molecule has 0 fully saturated rings. The van der Waals surface area contributed by atoms with Crippen LogP contribution >= 0.6 is 12.6 Å². The van der Waals surface area contributed by atoms with E-state index in [1.807, 2.05) is 0 Å². The molecule has 0 amide bonds. The molecule has 78 valence electrons. The maximum atomic E-state index is 8.90. The number of thiol groups is 1. The van der Waals surface area contributed by atoms with Gasteiger partial charge in [0.25, 0.3) is 0 Å². The molecule has 1 atom stereocenters. The molecule has 0 saturated carbocycles. The minimum atomic E-state index is -0.448. The standard InChI is InChI=1S/C10H9NO3S/c12-11-9(7-3-1-5-13-7)10(15)8-4-2-6-14-8/h1-6,10,12,15H/b11-9+. The van der Waals surface area contributed by atoms with E-state index < -0.39 is 5.25 Å². The molecule has 0 radical (unpaired) electrons. The predicted octanol–water partition coefficient (Wildman–Crippen LogP) is 2.72. The summed E-state index contributed by atoms with van der Waals surface area (Å²) in [5.41, 5.74) is 0.318. The van der Waals surface area contributed by atoms with Crippen molar-refractivity contribution in [3.8, 4) is 0 Å². The Morgan fingerprint density at radius 3 is 2.53 bits per heavy atom. The van der Waals surface area contributed by atoms with Gasteiger partial charge in [0, 0.05) is 0 Å². The summed E-state index contributed by atoms with van der Waals surface area (Å²) >= 11 is 4.30. The maximum absolute atomic E-state index is 8.90. The van der Waals surface area contributed by atoms with Crippen molar-refractivity contribution in [2.24, 2.45) is 5.16 Å². The largest absolute Gasteiger partial charge is 0.468 e. The van der Waals surface area contributed by atoms with Gasteiger partial charge in [-0.15, -0.1) is 0 Å². The van der Waals surface area contributed by atoms with Gasteiger partial charge in [-0.3, -0.25) is 0 Å². The SMILES string of the molecule is O/N=C(\c1ccco1)C(S)c1ccco1. The van der Waals surface area contributed by atoms with Gasteiger partial charge in [-0.1, -0.05) is 5.16 Å². The molecule has 1 unspecified atom stereocenters. The zero-order valence-electron chi connectivity index (χ0n) is 7.70. The molecule has 0 spiro atoms. The molecule has 4 nitrogen and oxygen atoms in total. The molecule has 15 heavy (non-hydrogen) atoms. The molecule has 1 N–H and O–H groups in total. The van der Waals surface area contributed by atoms with Gasteiger partial charge in [0.15, 0.2) is 5.76 Å². The van der Waals surface area contributed by atoms with E-state index in [0.717, 1.165) is 0 Å². The third kappa shape index (κ3) is 1.92. The molecule has 0 aliphatic heterocycles. The Kier molecular flexibility index (Phi) is 2.82. The quantitative estimate of drug-likeness (QED) is 0.364. The summed E-state index contributed by atoms with van der Waals surface area (Å²) in [5, 5.41) is 11.6. The highest BCUT2D eigenvalue weighted by molar-refractivity contribution is 7.81. The average molecular weight is 223 g/mol. The highest BCUT2D eigenvalue weighted by Crippen LogP contribution is 2.25. The smallest absolute Gasteiger partial charge is 0.153 e. The Morgan fingerprint density at radius 2 is 2.00 bits per heavy atom. The topological polar surface area (TPSA) is 58.9 Å². The Labute approximate surface area is 91.6 Å².